The van der Waals surface area contributed by atoms with Crippen LogP contribution in [0.4, 0.5) is 5.69 Å². The lowest BCUT2D eigenvalue weighted by atomic mass is 10.0. The number of para-hydroxylation sites is 1. The second kappa shape index (κ2) is 9.10. The number of aryl methyl sites for hydroxylation is 1. The SMILES string of the molecule is CCOc1ccc(C2=C(N(C)c3ccccc3)C(=O)N(Cc3ccc(C)cc3)C2=O)cc1. The zero-order valence-electron chi connectivity index (χ0n) is 18.5. The summed E-state index contributed by atoms with van der Waals surface area (Å²) in [4.78, 5) is 30.2. The van der Waals surface area contributed by atoms with Crippen LogP contribution in [0.3, 0.4) is 0 Å². The van der Waals surface area contributed by atoms with Crippen LogP contribution in [-0.2, 0) is 16.1 Å². The fraction of sp³-hybridized carbons (Fsp3) is 0.185. The summed E-state index contributed by atoms with van der Waals surface area (Å²) in [6, 6.07) is 24.8. The van der Waals surface area contributed by atoms with Crippen molar-refractivity contribution in [3.8, 4) is 5.75 Å². The number of ether oxygens (including phenoxy) is 1. The molecule has 162 valence electrons. The van der Waals surface area contributed by atoms with E-state index in [0.717, 1.165) is 22.6 Å². The second-order valence-electron chi connectivity index (χ2n) is 7.76. The van der Waals surface area contributed by atoms with Gasteiger partial charge in [-0.15, -0.1) is 0 Å². The number of hydrogen-bond donors (Lipinski definition) is 0. The Morgan fingerprint density at radius 3 is 2.12 bits per heavy atom. The number of likely N-dealkylation sites (N-methyl/N-ethyl adjacent to an activating group) is 1. The van der Waals surface area contributed by atoms with Gasteiger partial charge >= 0.3 is 0 Å². The third-order valence-corrected chi connectivity index (χ3v) is 5.54. The average Bonchev–Trinajstić information content (AvgIpc) is 3.06. The van der Waals surface area contributed by atoms with Gasteiger partial charge in [0.05, 0.1) is 18.7 Å². The molecule has 0 spiro atoms. The maximum Gasteiger partial charge on any atom is 0.278 e. The maximum atomic E-state index is 13.5. The topological polar surface area (TPSA) is 49.9 Å². The van der Waals surface area contributed by atoms with Crippen molar-refractivity contribution >= 4 is 23.1 Å². The Labute approximate surface area is 188 Å². The molecule has 1 aliphatic rings. The van der Waals surface area contributed by atoms with Gasteiger partial charge < -0.3 is 9.64 Å². The van der Waals surface area contributed by atoms with Crippen molar-refractivity contribution in [3.63, 3.8) is 0 Å². The number of benzene rings is 3. The summed E-state index contributed by atoms with van der Waals surface area (Å²) < 4.78 is 5.54. The number of carbonyl (C=O) groups excluding carboxylic acids is 2. The zero-order valence-corrected chi connectivity index (χ0v) is 18.5. The summed E-state index contributed by atoms with van der Waals surface area (Å²) in [6.07, 6.45) is 0. The first kappa shape index (κ1) is 21.4. The van der Waals surface area contributed by atoms with E-state index in [0.29, 0.717) is 23.4 Å². The van der Waals surface area contributed by atoms with Crippen molar-refractivity contribution in [3.05, 3.63) is 101 Å². The van der Waals surface area contributed by atoms with E-state index in [1.165, 1.54) is 4.90 Å². The molecule has 2 amide bonds. The summed E-state index contributed by atoms with van der Waals surface area (Å²) in [5, 5.41) is 0. The summed E-state index contributed by atoms with van der Waals surface area (Å²) in [5.74, 6) is 0.131. The molecule has 4 rings (SSSR count). The standard InChI is InChI=1S/C27H26N2O3/c1-4-32-23-16-14-21(15-17-23)24-25(28(3)22-8-6-5-7-9-22)27(31)29(26(24)30)18-20-12-10-19(2)11-13-20/h5-17H,4,18H2,1-3H3. The van der Waals surface area contributed by atoms with E-state index in [9.17, 15) is 9.59 Å². The molecule has 5 nitrogen and oxygen atoms in total. The van der Waals surface area contributed by atoms with Crippen LogP contribution in [0.1, 0.15) is 23.6 Å². The van der Waals surface area contributed by atoms with Gasteiger partial charge in [-0.05, 0) is 49.2 Å². The Morgan fingerprint density at radius 1 is 0.844 bits per heavy atom. The minimum absolute atomic E-state index is 0.227. The minimum atomic E-state index is -0.300. The van der Waals surface area contributed by atoms with Crippen LogP contribution >= 0.6 is 0 Å². The number of anilines is 1. The molecule has 5 heteroatoms. The number of imide groups is 1. The lowest BCUT2D eigenvalue weighted by Gasteiger charge is -2.21. The molecule has 32 heavy (non-hydrogen) atoms. The maximum absolute atomic E-state index is 13.5. The molecule has 3 aromatic carbocycles. The highest BCUT2D eigenvalue weighted by Crippen LogP contribution is 2.34. The van der Waals surface area contributed by atoms with Crippen LogP contribution in [0.2, 0.25) is 0 Å². The van der Waals surface area contributed by atoms with Crippen LogP contribution in [-0.4, -0.2) is 30.4 Å². The van der Waals surface area contributed by atoms with Gasteiger partial charge in [0.2, 0.25) is 0 Å². The molecule has 1 aliphatic heterocycles. The molecule has 0 radical (unpaired) electrons. The molecule has 0 bridgehead atoms. The molecular formula is C27H26N2O3. The predicted molar refractivity (Wildman–Crippen MR) is 126 cm³/mol. The lowest BCUT2D eigenvalue weighted by Crippen LogP contribution is -2.33. The monoisotopic (exact) mass is 426 g/mol. The van der Waals surface area contributed by atoms with Crippen molar-refractivity contribution < 1.29 is 14.3 Å². The fourth-order valence-electron chi connectivity index (χ4n) is 3.82. The van der Waals surface area contributed by atoms with E-state index in [2.05, 4.69) is 0 Å². The Morgan fingerprint density at radius 2 is 1.50 bits per heavy atom. The van der Waals surface area contributed by atoms with Crippen molar-refractivity contribution in [2.45, 2.75) is 20.4 Å². The Bertz CT molecular complexity index is 1150. The fourth-order valence-corrected chi connectivity index (χ4v) is 3.82. The van der Waals surface area contributed by atoms with E-state index >= 15 is 0 Å². The van der Waals surface area contributed by atoms with Crippen LogP contribution in [0.15, 0.2) is 84.6 Å². The Hall–Kier alpha value is -3.86. The van der Waals surface area contributed by atoms with E-state index in [1.54, 1.807) is 4.90 Å². The predicted octanol–water partition coefficient (Wildman–Crippen LogP) is 4.81. The van der Waals surface area contributed by atoms with Crippen LogP contribution in [0.25, 0.3) is 5.57 Å². The highest BCUT2D eigenvalue weighted by molar-refractivity contribution is 6.36. The molecule has 0 unspecified atom stereocenters. The Balaban J connectivity index is 1.75. The van der Waals surface area contributed by atoms with Gasteiger partial charge in [-0.3, -0.25) is 14.5 Å². The first-order chi connectivity index (χ1) is 15.5. The molecule has 0 saturated carbocycles. The Kier molecular flexibility index (Phi) is 6.08. The third-order valence-electron chi connectivity index (χ3n) is 5.54. The average molecular weight is 427 g/mol. The normalized spacial score (nSPS) is 13.7. The molecule has 0 saturated heterocycles. The van der Waals surface area contributed by atoms with E-state index in [4.69, 9.17) is 4.74 Å². The highest BCUT2D eigenvalue weighted by Gasteiger charge is 2.41. The van der Waals surface area contributed by atoms with Crippen LogP contribution in [0.5, 0.6) is 5.75 Å². The number of amides is 2. The van der Waals surface area contributed by atoms with Gasteiger partial charge in [-0.1, -0.05) is 60.2 Å². The van der Waals surface area contributed by atoms with E-state index in [-0.39, 0.29) is 18.4 Å². The number of nitrogens with zero attached hydrogens (tertiary/aromatic N) is 2. The molecule has 3 aromatic rings. The van der Waals surface area contributed by atoms with Gasteiger partial charge in [0, 0.05) is 12.7 Å². The minimum Gasteiger partial charge on any atom is -0.494 e. The smallest absolute Gasteiger partial charge is 0.278 e. The van der Waals surface area contributed by atoms with Crippen LogP contribution in [0, 0.1) is 6.92 Å². The molecule has 0 fully saturated rings. The first-order valence-electron chi connectivity index (χ1n) is 10.7. The molecule has 1 heterocycles. The molecule has 0 aromatic heterocycles. The van der Waals surface area contributed by atoms with Crippen molar-refractivity contribution in [2.75, 3.05) is 18.6 Å². The van der Waals surface area contributed by atoms with E-state index in [1.807, 2.05) is 99.8 Å². The first-order valence-corrected chi connectivity index (χ1v) is 10.7. The number of carbonyl (C=O) groups is 2. The number of rotatable bonds is 7. The van der Waals surface area contributed by atoms with Gasteiger partial charge in [0.15, 0.2) is 0 Å². The van der Waals surface area contributed by atoms with Gasteiger partial charge in [0.25, 0.3) is 11.8 Å². The second-order valence-corrected chi connectivity index (χ2v) is 7.76. The number of hydrogen-bond acceptors (Lipinski definition) is 4. The summed E-state index contributed by atoms with van der Waals surface area (Å²) >= 11 is 0. The molecular weight excluding hydrogens is 400 g/mol. The quantitative estimate of drug-likeness (QED) is 0.509. The lowest BCUT2D eigenvalue weighted by molar-refractivity contribution is -0.137. The summed E-state index contributed by atoms with van der Waals surface area (Å²) in [6.45, 7) is 4.72. The van der Waals surface area contributed by atoms with Crippen molar-refractivity contribution in [2.24, 2.45) is 0 Å². The van der Waals surface area contributed by atoms with Crippen LogP contribution < -0.4 is 9.64 Å². The summed E-state index contributed by atoms with van der Waals surface area (Å²) in [7, 11) is 1.82. The zero-order chi connectivity index (χ0) is 22.7. The van der Waals surface area contributed by atoms with Crippen molar-refractivity contribution in [1.29, 1.82) is 0 Å². The van der Waals surface area contributed by atoms with Gasteiger partial charge in [0.1, 0.15) is 11.4 Å². The summed E-state index contributed by atoms with van der Waals surface area (Å²) in [5.41, 5.74) is 4.34. The molecule has 0 atom stereocenters. The van der Waals surface area contributed by atoms with E-state index < -0.39 is 0 Å². The molecule has 0 aliphatic carbocycles. The largest absolute Gasteiger partial charge is 0.494 e. The van der Waals surface area contributed by atoms with Gasteiger partial charge in [-0.2, -0.15) is 0 Å². The van der Waals surface area contributed by atoms with Crippen molar-refractivity contribution in [1.82, 2.24) is 4.90 Å². The van der Waals surface area contributed by atoms with Gasteiger partial charge in [-0.25, -0.2) is 0 Å². The molecule has 0 N–H and O–H groups in total. The highest BCUT2D eigenvalue weighted by atomic mass is 16.5. The third kappa shape index (κ3) is 4.14.